The van der Waals surface area contributed by atoms with E-state index >= 15 is 0 Å². The number of non-ortho nitro benzene ring substituents is 2. The average Bonchev–Trinajstić information content (AvgIpc) is 2.82. The molecular formula is C20H20N2O10. The number of benzene rings is 2. The molecule has 2 aromatic rings. The summed E-state index contributed by atoms with van der Waals surface area (Å²) in [6, 6.07) is 11.2. The molecule has 2 aromatic carbocycles. The molecular weight excluding hydrogens is 428 g/mol. The molecule has 0 spiro atoms. The van der Waals surface area contributed by atoms with Gasteiger partial charge in [-0.25, -0.2) is 0 Å². The normalized spacial score (nSPS) is 28.5. The van der Waals surface area contributed by atoms with Crippen molar-refractivity contribution in [3.05, 3.63) is 79.9 Å². The van der Waals surface area contributed by atoms with Crippen LogP contribution >= 0.6 is 0 Å². The van der Waals surface area contributed by atoms with Gasteiger partial charge in [-0.15, -0.1) is 0 Å². The Balaban J connectivity index is 1.53. The molecule has 0 aromatic heterocycles. The van der Waals surface area contributed by atoms with Crippen LogP contribution in [0.3, 0.4) is 0 Å². The van der Waals surface area contributed by atoms with Gasteiger partial charge < -0.3 is 29.2 Å². The van der Waals surface area contributed by atoms with Gasteiger partial charge in [0, 0.05) is 35.4 Å². The second-order valence-electron chi connectivity index (χ2n) is 7.32. The van der Waals surface area contributed by atoms with Crippen molar-refractivity contribution in [2.45, 2.75) is 37.0 Å². The van der Waals surface area contributed by atoms with Crippen LogP contribution in [0.5, 0.6) is 0 Å². The minimum absolute atomic E-state index is 0.0633. The largest absolute Gasteiger partial charge is 0.394 e. The van der Waals surface area contributed by atoms with Gasteiger partial charge in [-0.3, -0.25) is 20.2 Å². The highest BCUT2D eigenvalue weighted by Crippen LogP contribution is 2.39. The van der Waals surface area contributed by atoms with E-state index < -0.39 is 53.4 Å². The van der Waals surface area contributed by atoms with Crippen molar-refractivity contribution in [2.24, 2.45) is 0 Å². The Morgan fingerprint density at radius 2 is 1.41 bits per heavy atom. The van der Waals surface area contributed by atoms with E-state index in [1.807, 2.05) is 0 Å². The van der Waals surface area contributed by atoms with Gasteiger partial charge in [-0.2, -0.15) is 0 Å². The third-order valence-corrected chi connectivity index (χ3v) is 5.28. The van der Waals surface area contributed by atoms with Crippen molar-refractivity contribution in [3.63, 3.8) is 0 Å². The van der Waals surface area contributed by atoms with E-state index in [0.717, 1.165) is 0 Å². The van der Waals surface area contributed by atoms with E-state index in [4.69, 9.17) is 18.9 Å². The van der Waals surface area contributed by atoms with Crippen molar-refractivity contribution in [1.82, 2.24) is 0 Å². The van der Waals surface area contributed by atoms with Crippen molar-refractivity contribution in [1.29, 1.82) is 0 Å². The van der Waals surface area contributed by atoms with Crippen LogP contribution in [0.25, 0.3) is 0 Å². The molecule has 2 aliphatic heterocycles. The molecule has 0 saturated carbocycles. The van der Waals surface area contributed by atoms with Crippen LogP contribution in [-0.2, 0) is 18.9 Å². The number of rotatable bonds is 6. The number of nitro benzene ring substituents is 2. The molecule has 2 fully saturated rings. The molecule has 12 heteroatoms. The fourth-order valence-electron chi connectivity index (χ4n) is 3.62. The Morgan fingerprint density at radius 1 is 0.875 bits per heavy atom. The number of aliphatic hydroxyl groups is 2. The minimum Gasteiger partial charge on any atom is -0.394 e. The highest BCUT2D eigenvalue weighted by molar-refractivity contribution is 5.34. The predicted octanol–water partition coefficient (Wildman–Crippen LogP) is 1.75. The first-order valence-corrected chi connectivity index (χ1v) is 9.73. The molecule has 2 aliphatic rings. The maximum atomic E-state index is 10.9. The van der Waals surface area contributed by atoms with Crippen LogP contribution in [0.15, 0.2) is 48.5 Å². The number of hydrogen-bond donors (Lipinski definition) is 2. The summed E-state index contributed by atoms with van der Waals surface area (Å²) in [5.41, 5.74) is 0.849. The molecule has 0 bridgehead atoms. The number of ether oxygens (including phenoxy) is 4. The lowest BCUT2D eigenvalue weighted by Crippen LogP contribution is -2.58. The zero-order valence-corrected chi connectivity index (χ0v) is 16.6. The van der Waals surface area contributed by atoms with E-state index in [-0.39, 0.29) is 18.0 Å². The van der Waals surface area contributed by atoms with Crippen molar-refractivity contribution < 1.29 is 39.0 Å². The summed E-state index contributed by atoms with van der Waals surface area (Å²) in [5, 5.41) is 41.6. The van der Waals surface area contributed by atoms with Gasteiger partial charge in [0.1, 0.15) is 24.4 Å². The summed E-state index contributed by atoms with van der Waals surface area (Å²) >= 11 is 0. The Hall–Kier alpha value is -3.00. The number of nitro groups is 2. The third-order valence-electron chi connectivity index (χ3n) is 5.28. The standard InChI is InChI=1S/C20H20N2O10/c23-9-15(24)17-18-16(30-20(31-17)12-3-7-14(8-4-12)22(27)28)10-29-19(32-18)11-1-5-13(6-2-11)21(25)26/h1-8,15-20,23-24H,9-10H2/t15-,16+,17-,18-,19?,20?/m1/s1. The van der Waals surface area contributed by atoms with E-state index in [9.17, 15) is 30.4 Å². The Morgan fingerprint density at radius 3 is 1.91 bits per heavy atom. The minimum atomic E-state index is -1.29. The quantitative estimate of drug-likeness (QED) is 0.491. The Labute approximate surface area is 181 Å². The summed E-state index contributed by atoms with van der Waals surface area (Å²) in [6.45, 7) is -0.527. The molecule has 0 amide bonds. The van der Waals surface area contributed by atoms with Crippen molar-refractivity contribution in [3.8, 4) is 0 Å². The maximum Gasteiger partial charge on any atom is 0.269 e. The molecule has 0 aliphatic carbocycles. The van der Waals surface area contributed by atoms with Gasteiger partial charge >= 0.3 is 0 Å². The second kappa shape index (κ2) is 9.24. The zero-order chi connectivity index (χ0) is 22.8. The first-order chi connectivity index (χ1) is 15.4. The average molecular weight is 448 g/mol. The molecule has 2 N–H and O–H groups in total. The molecule has 32 heavy (non-hydrogen) atoms. The van der Waals surface area contributed by atoms with Gasteiger partial charge in [0.05, 0.1) is 23.1 Å². The lowest BCUT2D eigenvalue weighted by Gasteiger charge is -2.47. The van der Waals surface area contributed by atoms with Crippen LogP contribution in [0.4, 0.5) is 11.4 Å². The van der Waals surface area contributed by atoms with E-state index in [1.54, 1.807) is 0 Å². The van der Waals surface area contributed by atoms with Crippen molar-refractivity contribution in [2.75, 3.05) is 13.2 Å². The summed E-state index contributed by atoms with van der Waals surface area (Å²) in [4.78, 5) is 20.7. The SMILES string of the molecule is O=[N+]([O-])c1ccc(C2OC[C@@H]3OC(c4ccc([N+](=O)[O-])cc4)O[C@H]([C@H](O)CO)[C@@H]3O2)cc1. The fourth-order valence-corrected chi connectivity index (χ4v) is 3.62. The molecule has 2 saturated heterocycles. The van der Waals surface area contributed by atoms with Crippen LogP contribution < -0.4 is 0 Å². The maximum absolute atomic E-state index is 10.9. The Bertz CT molecular complexity index is 965. The first kappa shape index (κ1) is 22.2. The smallest absolute Gasteiger partial charge is 0.269 e. The summed E-state index contributed by atoms with van der Waals surface area (Å²) in [5.74, 6) is 0. The highest BCUT2D eigenvalue weighted by atomic mass is 16.8. The molecule has 2 heterocycles. The van der Waals surface area contributed by atoms with Crippen LogP contribution in [0.2, 0.25) is 0 Å². The van der Waals surface area contributed by atoms with Crippen LogP contribution in [-0.4, -0.2) is 57.7 Å². The van der Waals surface area contributed by atoms with Crippen LogP contribution in [0.1, 0.15) is 23.7 Å². The monoisotopic (exact) mass is 448 g/mol. The highest BCUT2D eigenvalue weighted by Gasteiger charge is 2.48. The summed E-state index contributed by atoms with van der Waals surface area (Å²) in [6.07, 6.45) is -5.59. The molecule has 0 radical (unpaired) electrons. The third kappa shape index (κ3) is 4.46. The molecule has 4 rings (SSSR count). The molecule has 12 nitrogen and oxygen atoms in total. The molecule has 6 atom stereocenters. The Kier molecular flexibility index (Phi) is 6.41. The van der Waals surface area contributed by atoms with Gasteiger partial charge in [-0.05, 0) is 24.3 Å². The zero-order valence-electron chi connectivity index (χ0n) is 16.6. The van der Waals surface area contributed by atoms with E-state index in [0.29, 0.717) is 11.1 Å². The van der Waals surface area contributed by atoms with Crippen LogP contribution in [0, 0.1) is 20.2 Å². The molecule has 2 unspecified atom stereocenters. The number of fused-ring (bicyclic) bond motifs is 1. The lowest BCUT2D eigenvalue weighted by atomic mass is 9.99. The van der Waals surface area contributed by atoms with Gasteiger partial charge in [0.25, 0.3) is 11.4 Å². The number of aliphatic hydroxyl groups excluding tert-OH is 2. The first-order valence-electron chi connectivity index (χ1n) is 9.73. The fraction of sp³-hybridized carbons (Fsp3) is 0.400. The van der Waals surface area contributed by atoms with E-state index in [2.05, 4.69) is 0 Å². The van der Waals surface area contributed by atoms with Crippen molar-refractivity contribution >= 4 is 11.4 Å². The number of nitrogens with zero attached hydrogens (tertiary/aromatic N) is 2. The second-order valence-corrected chi connectivity index (χ2v) is 7.32. The summed E-state index contributed by atoms with van der Waals surface area (Å²) < 4.78 is 23.4. The van der Waals surface area contributed by atoms with Gasteiger partial charge in [-0.1, -0.05) is 0 Å². The molecule has 170 valence electrons. The number of hydrogen-bond acceptors (Lipinski definition) is 10. The van der Waals surface area contributed by atoms with E-state index in [1.165, 1.54) is 48.5 Å². The topological polar surface area (TPSA) is 164 Å². The predicted molar refractivity (Wildman–Crippen MR) is 105 cm³/mol. The summed E-state index contributed by atoms with van der Waals surface area (Å²) in [7, 11) is 0. The lowest BCUT2D eigenvalue weighted by molar-refractivity contribution is -0.385. The van der Waals surface area contributed by atoms with Gasteiger partial charge in [0.15, 0.2) is 12.6 Å². The van der Waals surface area contributed by atoms with Gasteiger partial charge in [0.2, 0.25) is 0 Å².